The highest BCUT2D eigenvalue weighted by Crippen LogP contribution is 2.34. The van der Waals surface area contributed by atoms with Gasteiger partial charge >= 0.3 is 11.9 Å². The third-order valence-corrected chi connectivity index (χ3v) is 3.78. The van der Waals surface area contributed by atoms with Crippen molar-refractivity contribution in [1.82, 2.24) is 9.97 Å². The van der Waals surface area contributed by atoms with Crippen LogP contribution < -0.4 is 15.2 Å². The second kappa shape index (κ2) is 8.10. The quantitative estimate of drug-likeness (QED) is 0.736. The summed E-state index contributed by atoms with van der Waals surface area (Å²) in [5, 5.41) is 0. The Bertz CT molecular complexity index is 930. The van der Waals surface area contributed by atoms with E-state index in [1.807, 2.05) is 0 Å². The second-order valence-electron chi connectivity index (χ2n) is 4.87. The van der Waals surface area contributed by atoms with E-state index < -0.39 is 17.6 Å². The number of aromatic nitrogens is 2. The molecule has 0 bridgehead atoms. The number of nitrogens with zero attached hydrogens (tertiary/aromatic N) is 1. The first kappa shape index (κ1) is 19.6. The first-order valence-corrected chi connectivity index (χ1v) is 7.84. The molecule has 9 heteroatoms. The Morgan fingerprint density at radius 1 is 1.31 bits per heavy atom. The van der Waals surface area contributed by atoms with E-state index in [1.165, 1.54) is 19.3 Å². The molecule has 0 aliphatic heterocycles. The summed E-state index contributed by atoms with van der Waals surface area (Å²) in [5.74, 6) is 3.12. The number of H-pyrrole nitrogens is 1. The fraction of sp³-hybridized carbons (Fsp3) is 0.176. The third kappa shape index (κ3) is 4.89. The lowest BCUT2D eigenvalue weighted by Crippen LogP contribution is -2.19. The number of hydrogen-bond acceptors (Lipinski definition) is 4. The van der Waals surface area contributed by atoms with Crippen molar-refractivity contribution >= 4 is 28.1 Å². The summed E-state index contributed by atoms with van der Waals surface area (Å²) in [6, 6.07) is 3.96. The number of nitrogens with one attached hydrogen (secondary N) is 1. The number of halogens is 4. The molecule has 5 nitrogen and oxygen atoms in total. The molecule has 0 aliphatic carbocycles. The molecule has 136 valence electrons. The number of ether oxygens (including phenoxy) is 2. The van der Waals surface area contributed by atoms with Crippen LogP contribution in [0, 0.1) is 12.3 Å². The van der Waals surface area contributed by atoms with E-state index in [0.29, 0.717) is 21.5 Å². The van der Waals surface area contributed by atoms with Gasteiger partial charge in [0.15, 0.2) is 11.5 Å². The van der Waals surface area contributed by atoms with Gasteiger partial charge in [-0.05, 0) is 29.8 Å². The highest BCUT2D eigenvalue weighted by molar-refractivity contribution is 9.10. The Kier molecular flexibility index (Phi) is 6.10. The standard InChI is InChI=1S/C17H12BrF3N2O3/c1-3-6-26-14-9-12(18)10(7-13(14)25-2)4-5-11-8-15(17(19,20)21)23-16(24)22-11/h1,4-5,7-9H,6H2,2H3,(H,22,23,24)/b5-4+. The van der Waals surface area contributed by atoms with Crippen LogP contribution in [0.4, 0.5) is 13.2 Å². The van der Waals surface area contributed by atoms with Crippen molar-refractivity contribution in [2.24, 2.45) is 0 Å². The fourth-order valence-electron chi connectivity index (χ4n) is 1.96. The topological polar surface area (TPSA) is 64.2 Å². The smallest absolute Gasteiger partial charge is 0.431 e. The summed E-state index contributed by atoms with van der Waals surface area (Å²) in [7, 11) is 1.44. The maximum absolute atomic E-state index is 12.7. The van der Waals surface area contributed by atoms with Gasteiger partial charge in [-0.3, -0.25) is 0 Å². The zero-order valence-electron chi connectivity index (χ0n) is 13.4. The van der Waals surface area contributed by atoms with Crippen molar-refractivity contribution in [1.29, 1.82) is 0 Å². The molecule has 0 saturated heterocycles. The largest absolute Gasteiger partial charge is 0.493 e. The first-order chi connectivity index (χ1) is 12.2. The fourth-order valence-corrected chi connectivity index (χ4v) is 2.41. The van der Waals surface area contributed by atoms with Crippen LogP contribution in [-0.2, 0) is 6.18 Å². The number of terminal acetylenes is 1. The van der Waals surface area contributed by atoms with Gasteiger partial charge in [-0.25, -0.2) is 4.79 Å². The summed E-state index contributed by atoms with van der Waals surface area (Å²) in [4.78, 5) is 16.5. The van der Waals surface area contributed by atoms with Gasteiger partial charge in [-0.15, -0.1) is 6.42 Å². The number of aromatic amines is 1. The summed E-state index contributed by atoms with van der Waals surface area (Å²) in [6.45, 7) is 0.0505. The van der Waals surface area contributed by atoms with Crippen LogP contribution in [0.25, 0.3) is 12.2 Å². The Labute approximate surface area is 155 Å². The van der Waals surface area contributed by atoms with Crippen LogP contribution >= 0.6 is 15.9 Å². The van der Waals surface area contributed by atoms with Gasteiger partial charge in [0, 0.05) is 4.47 Å². The average molecular weight is 429 g/mol. The van der Waals surface area contributed by atoms with Crippen molar-refractivity contribution in [2.75, 3.05) is 13.7 Å². The average Bonchev–Trinajstić information content (AvgIpc) is 2.57. The van der Waals surface area contributed by atoms with Crippen LogP contribution in [0.3, 0.4) is 0 Å². The molecule has 1 heterocycles. The van der Waals surface area contributed by atoms with Crippen molar-refractivity contribution in [3.8, 4) is 23.8 Å². The molecule has 0 saturated carbocycles. The van der Waals surface area contributed by atoms with Crippen LogP contribution in [0.1, 0.15) is 17.0 Å². The minimum Gasteiger partial charge on any atom is -0.493 e. The summed E-state index contributed by atoms with van der Waals surface area (Å²) >= 11 is 3.33. The SMILES string of the molecule is C#CCOc1cc(Br)c(/C=C/c2cc(C(F)(F)F)[nH]c(=O)n2)cc1OC. The molecule has 0 atom stereocenters. The van der Waals surface area contributed by atoms with Gasteiger partial charge in [0.05, 0.1) is 12.8 Å². The Morgan fingerprint density at radius 2 is 2.04 bits per heavy atom. The van der Waals surface area contributed by atoms with Gasteiger partial charge in [-0.1, -0.05) is 27.9 Å². The number of hydrogen-bond donors (Lipinski definition) is 1. The van der Waals surface area contributed by atoms with Crippen LogP contribution in [0.2, 0.25) is 0 Å². The number of rotatable bonds is 5. The minimum atomic E-state index is -4.68. The van der Waals surface area contributed by atoms with E-state index in [1.54, 1.807) is 17.1 Å². The molecule has 1 N–H and O–H groups in total. The predicted octanol–water partition coefficient (Wildman–Crippen LogP) is 3.74. The molecule has 0 spiro atoms. The zero-order valence-corrected chi connectivity index (χ0v) is 14.9. The van der Waals surface area contributed by atoms with Gasteiger partial charge in [-0.2, -0.15) is 18.2 Å². The monoisotopic (exact) mass is 428 g/mol. The molecular formula is C17H12BrF3N2O3. The van der Waals surface area contributed by atoms with Gasteiger partial charge in [0.25, 0.3) is 0 Å². The molecular weight excluding hydrogens is 417 g/mol. The molecule has 0 unspecified atom stereocenters. The second-order valence-corrected chi connectivity index (χ2v) is 5.73. The van der Waals surface area contributed by atoms with Crippen LogP contribution in [0.5, 0.6) is 11.5 Å². The van der Waals surface area contributed by atoms with Gasteiger partial charge < -0.3 is 14.5 Å². The van der Waals surface area contributed by atoms with Crippen molar-refractivity contribution in [2.45, 2.75) is 6.18 Å². The van der Waals surface area contributed by atoms with Gasteiger partial charge in [0.2, 0.25) is 0 Å². The van der Waals surface area contributed by atoms with Crippen LogP contribution in [0.15, 0.2) is 27.5 Å². The van der Waals surface area contributed by atoms with Crippen LogP contribution in [-0.4, -0.2) is 23.7 Å². The molecule has 0 aliphatic rings. The number of alkyl halides is 3. The molecule has 0 fully saturated rings. The lowest BCUT2D eigenvalue weighted by atomic mass is 10.1. The highest BCUT2D eigenvalue weighted by Gasteiger charge is 2.32. The Morgan fingerprint density at radius 3 is 2.65 bits per heavy atom. The van der Waals surface area contributed by atoms with E-state index in [4.69, 9.17) is 15.9 Å². The lowest BCUT2D eigenvalue weighted by Gasteiger charge is -2.11. The Hall–Kier alpha value is -2.73. The van der Waals surface area contributed by atoms with Crippen molar-refractivity contribution < 1.29 is 22.6 Å². The summed E-state index contributed by atoms with van der Waals surface area (Å²) in [5.41, 5.74) is -1.83. The molecule has 0 radical (unpaired) electrons. The number of benzene rings is 1. The van der Waals surface area contributed by atoms with E-state index in [0.717, 1.165) is 6.07 Å². The van der Waals surface area contributed by atoms with Gasteiger partial charge in [0.1, 0.15) is 12.3 Å². The number of methoxy groups -OCH3 is 1. The molecule has 2 rings (SSSR count). The van der Waals surface area contributed by atoms with E-state index in [-0.39, 0.29) is 12.3 Å². The van der Waals surface area contributed by atoms with E-state index >= 15 is 0 Å². The maximum atomic E-state index is 12.7. The predicted molar refractivity (Wildman–Crippen MR) is 93.8 cm³/mol. The molecule has 26 heavy (non-hydrogen) atoms. The zero-order chi connectivity index (χ0) is 19.3. The molecule has 1 aromatic carbocycles. The molecule has 1 aromatic heterocycles. The minimum absolute atomic E-state index is 0.0505. The molecule has 2 aromatic rings. The highest BCUT2D eigenvalue weighted by atomic mass is 79.9. The van der Waals surface area contributed by atoms with Crippen molar-refractivity contribution in [3.05, 3.63) is 50.1 Å². The third-order valence-electron chi connectivity index (χ3n) is 3.10. The Balaban J connectivity index is 2.38. The summed E-state index contributed by atoms with van der Waals surface area (Å²) < 4.78 is 49.4. The first-order valence-electron chi connectivity index (χ1n) is 7.05. The van der Waals surface area contributed by atoms with E-state index in [9.17, 15) is 18.0 Å². The van der Waals surface area contributed by atoms with Crippen molar-refractivity contribution in [3.63, 3.8) is 0 Å². The maximum Gasteiger partial charge on any atom is 0.431 e. The summed E-state index contributed by atoms with van der Waals surface area (Å²) in [6.07, 6.45) is 3.24. The lowest BCUT2D eigenvalue weighted by molar-refractivity contribution is -0.141. The normalized spacial score (nSPS) is 11.4. The molecule has 0 amide bonds. The van der Waals surface area contributed by atoms with E-state index in [2.05, 4.69) is 26.8 Å².